The lowest BCUT2D eigenvalue weighted by atomic mass is 10.3. The molecule has 0 unspecified atom stereocenters. The number of hydrogen-bond acceptors (Lipinski definition) is 5. The first kappa shape index (κ1) is 16.9. The standard InChI is InChI=1S/C15H16N2O5S/c1-21-10-15(18)17-11-2-4-12(5-3-11)22-13-6-8-14(9-7-13)23(16,19)20/h2-9H,10H2,1H3,(H,17,18)(H2,16,19,20). The number of anilines is 1. The second-order valence-corrected chi connectivity index (χ2v) is 6.19. The van der Waals surface area contributed by atoms with Gasteiger partial charge in [-0.05, 0) is 48.5 Å². The molecule has 8 heteroatoms. The van der Waals surface area contributed by atoms with Crippen LogP contribution in [0.2, 0.25) is 0 Å². The van der Waals surface area contributed by atoms with Crippen molar-refractivity contribution in [2.24, 2.45) is 5.14 Å². The summed E-state index contributed by atoms with van der Waals surface area (Å²) in [6.45, 7) is -0.0192. The molecule has 0 aliphatic heterocycles. The number of nitrogens with one attached hydrogen (secondary N) is 1. The molecule has 7 nitrogen and oxygen atoms in total. The summed E-state index contributed by atoms with van der Waals surface area (Å²) in [5.41, 5.74) is 0.615. The maximum atomic E-state index is 11.4. The molecule has 0 aromatic heterocycles. The second kappa shape index (κ2) is 7.23. The van der Waals surface area contributed by atoms with Crippen molar-refractivity contribution in [1.82, 2.24) is 0 Å². The first-order valence-electron chi connectivity index (χ1n) is 6.58. The van der Waals surface area contributed by atoms with Crippen LogP contribution in [0.15, 0.2) is 53.4 Å². The van der Waals surface area contributed by atoms with Gasteiger partial charge in [0.05, 0.1) is 4.90 Å². The van der Waals surface area contributed by atoms with Gasteiger partial charge in [-0.15, -0.1) is 0 Å². The van der Waals surface area contributed by atoms with Crippen LogP contribution in [0.5, 0.6) is 11.5 Å². The minimum atomic E-state index is -3.72. The number of ether oxygens (including phenoxy) is 2. The van der Waals surface area contributed by atoms with E-state index in [1.54, 1.807) is 24.3 Å². The van der Waals surface area contributed by atoms with Crippen molar-refractivity contribution in [3.8, 4) is 11.5 Å². The topological polar surface area (TPSA) is 108 Å². The molecule has 0 bridgehead atoms. The maximum absolute atomic E-state index is 11.4. The summed E-state index contributed by atoms with van der Waals surface area (Å²) < 4.78 is 32.6. The highest BCUT2D eigenvalue weighted by Crippen LogP contribution is 2.24. The summed E-state index contributed by atoms with van der Waals surface area (Å²) in [4.78, 5) is 11.4. The molecule has 0 atom stereocenters. The zero-order valence-electron chi connectivity index (χ0n) is 12.4. The minimum absolute atomic E-state index is 0.0149. The molecular weight excluding hydrogens is 320 g/mol. The van der Waals surface area contributed by atoms with Crippen LogP contribution < -0.4 is 15.2 Å². The number of nitrogens with two attached hydrogens (primary N) is 1. The Morgan fingerprint density at radius 2 is 1.57 bits per heavy atom. The zero-order valence-corrected chi connectivity index (χ0v) is 13.2. The van der Waals surface area contributed by atoms with Gasteiger partial charge in [0.1, 0.15) is 18.1 Å². The van der Waals surface area contributed by atoms with Crippen molar-refractivity contribution in [2.45, 2.75) is 4.90 Å². The summed E-state index contributed by atoms with van der Waals surface area (Å²) in [5, 5.41) is 7.68. The minimum Gasteiger partial charge on any atom is -0.457 e. The van der Waals surface area contributed by atoms with E-state index in [-0.39, 0.29) is 17.4 Å². The van der Waals surface area contributed by atoms with Crippen LogP contribution in [0, 0.1) is 0 Å². The van der Waals surface area contributed by atoms with Crippen LogP contribution in [0.1, 0.15) is 0 Å². The first-order valence-corrected chi connectivity index (χ1v) is 8.13. The van der Waals surface area contributed by atoms with Gasteiger partial charge in [0.2, 0.25) is 15.9 Å². The highest BCUT2D eigenvalue weighted by Gasteiger charge is 2.07. The Balaban J connectivity index is 2.02. The molecular formula is C15H16N2O5S. The largest absolute Gasteiger partial charge is 0.457 e. The average Bonchev–Trinajstić information content (AvgIpc) is 2.49. The van der Waals surface area contributed by atoms with Crippen molar-refractivity contribution < 1.29 is 22.7 Å². The van der Waals surface area contributed by atoms with Crippen LogP contribution in [0.3, 0.4) is 0 Å². The van der Waals surface area contributed by atoms with Gasteiger partial charge in [-0.25, -0.2) is 13.6 Å². The van der Waals surface area contributed by atoms with E-state index in [1.807, 2.05) is 0 Å². The number of benzene rings is 2. The summed E-state index contributed by atoms with van der Waals surface area (Å²) in [5.74, 6) is 0.756. The molecule has 3 N–H and O–H groups in total. The van der Waals surface area contributed by atoms with Gasteiger partial charge in [-0.3, -0.25) is 4.79 Å². The number of carbonyl (C=O) groups excluding carboxylic acids is 1. The number of primary sulfonamides is 1. The number of methoxy groups -OCH3 is 1. The Bertz CT molecular complexity index is 771. The zero-order chi connectivity index (χ0) is 16.9. The molecule has 0 spiro atoms. The number of amides is 1. The maximum Gasteiger partial charge on any atom is 0.250 e. The lowest BCUT2D eigenvalue weighted by Crippen LogP contribution is -2.16. The number of hydrogen-bond donors (Lipinski definition) is 2. The molecule has 122 valence electrons. The third-order valence-electron chi connectivity index (χ3n) is 2.80. The van der Waals surface area contributed by atoms with Crippen LogP contribution in [0.4, 0.5) is 5.69 Å². The summed E-state index contributed by atoms with van der Waals surface area (Å²) >= 11 is 0. The summed E-state index contributed by atoms with van der Waals surface area (Å²) in [7, 11) is -2.28. The third kappa shape index (κ3) is 5.06. The average molecular weight is 336 g/mol. The number of sulfonamides is 1. The Morgan fingerprint density at radius 1 is 1.04 bits per heavy atom. The molecule has 0 saturated carbocycles. The van der Waals surface area contributed by atoms with Gasteiger partial charge in [-0.1, -0.05) is 0 Å². The Labute approximate surface area is 134 Å². The van der Waals surface area contributed by atoms with Crippen molar-refractivity contribution in [3.63, 3.8) is 0 Å². The lowest BCUT2D eigenvalue weighted by Gasteiger charge is -2.08. The lowest BCUT2D eigenvalue weighted by molar-refractivity contribution is -0.119. The van der Waals surface area contributed by atoms with E-state index in [2.05, 4.69) is 5.32 Å². The second-order valence-electron chi connectivity index (χ2n) is 4.62. The van der Waals surface area contributed by atoms with Crippen molar-refractivity contribution in [2.75, 3.05) is 19.0 Å². The molecule has 0 radical (unpaired) electrons. The van der Waals surface area contributed by atoms with E-state index >= 15 is 0 Å². The normalized spacial score (nSPS) is 11.0. The fourth-order valence-electron chi connectivity index (χ4n) is 1.77. The third-order valence-corrected chi connectivity index (χ3v) is 3.73. The highest BCUT2D eigenvalue weighted by molar-refractivity contribution is 7.89. The molecule has 2 aromatic carbocycles. The molecule has 0 saturated heterocycles. The molecule has 1 amide bonds. The van der Waals surface area contributed by atoms with Gasteiger partial charge in [0.25, 0.3) is 0 Å². The monoisotopic (exact) mass is 336 g/mol. The summed E-state index contributed by atoms with van der Waals surface area (Å²) in [6.07, 6.45) is 0. The van der Waals surface area contributed by atoms with E-state index in [0.717, 1.165) is 0 Å². The smallest absolute Gasteiger partial charge is 0.250 e. The quantitative estimate of drug-likeness (QED) is 0.835. The molecule has 0 heterocycles. The summed E-state index contributed by atoms with van der Waals surface area (Å²) in [6, 6.07) is 12.5. The van der Waals surface area contributed by atoms with Crippen LogP contribution >= 0.6 is 0 Å². The Hall–Kier alpha value is -2.42. The highest BCUT2D eigenvalue weighted by atomic mass is 32.2. The molecule has 2 aromatic rings. The van der Waals surface area contributed by atoms with Crippen molar-refractivity contribution in [3.05, 3.63) is 48.5 Å². The van der Waals surface area contributed by atoms with Gasteiger partial charge >= 0.3 is 0 Å². The molecule has 23 heavy (non-hydrogen) atoms. The molecule has 0 fully saturated rings. The SMILES string of the molecule is COCC(=O)Nc1ccc(Oc2ccc(S(N)(=O)=O)cc2)cc1. The van der Waals surface area contributed by atoms with E-state index in [4.69, 9.17) is 14.6 Å². The van der Waals surface area contributed by atoms with E-state index in [1.165, 1.54) is 31.4 Å². The van der Waals surface area contributed by atoms with E-state index < -0.39 is 10.0 Å². The van der Waals surface area contributed by atoms with E-state index in [0.29, 0.717) is 17.2 Å². The fraction of sp³-hybridized carbons (Fsp3) is 0.133. The van der Waals surface area contributed by atoms with Crippen molar-refractivity contribution >= 4 is 21.6 Å². The van der Waals surface area contributed by atoms with Crippen LogP contribution in [-0.2, 0) is 19.6 Å². The molecule has 0 aliphatic carbocycles. The van der Waals surface area contributed by atoms with Gasteiger partial charge in [-0.2, -0.15) is 0 Å². The number of rotatable bonds is 6. The van der Waals surface area contributed by atoms with Gasteiger partial charge in [0, 0.05) is 12.8 Å². The van der Waals surface area contributed by atoms with Gasteiger partial charge in [0.15, 0.2) is 0 Å². The fourth-order valence-corrected chi connectivity index (χ4v) is 2.28. The first-order chi connectivity index (χ1) is 10.9. The van der Waals surface area contributed by atoms with E-state index in [9.17, 15) is 13.2 Å². The Morgan fingerprint density at radius 3 is 2.04 bits per heavy atom. The van der Waals surface area contributed by atoms with Gasteiger partial charge < -0.3 is 14.8 Å². The van der Waals surface area contributed by atoms with Crippen molar-refractivity contribution in [1.29, 1.82) is 0 Å². The van der Waals surface area contributed by atoms with Crippen LogP contribution in [0.25, 0.3) is 0 Å². The molecule has 2 rings (SSSR count). The predicted molar refractivity (Wildman–Crippen MR) is 84.8 cm³/mol. The Kier molecular flexibility index (Phi) is 5.32. The predicted octanol–water partition coefficient (Wildman–Crippen LogP) is 1.71. The molecule has 0 aliphatic rings. The number of carbonyl (C=O) groups is 1. The van der Waals surface area contributed by atoms with Crippen LogP contribution in [-0.4, -0.2) is 28.0 Å².